The van der Waals surface area contributed by atoms with Gasteiger partial charge in [0.05, 0.1) is 71.0 Å². The number of aliphatic hydroxyl groups excluding tert-OH is 1. The first kappa shape index (κ1) is 94.0. The molecule has 0 spiro atoms. The molecule has 666 valence electrons. The second-order valence-electron chi connectivity index (χ2n) is 32.1. The van der Waals surface area contributed by atoms with Crippen LogP contribution in [0.4, 0.5) is 93.0 Å². The van der Waals surface area contributed by atoms with E-state index in [-0.39, 0.29) is 100 Å². The maximum Gasteiger partial charge on any atom is 0.352 e. The summed E-state index contributed by atoms with van der Waals surface area (Å²) in [6, 6.07) is 22.8. The summed E-state index contributed by atoms with van der Waals surface area (Å²) in [6.07, 6.45) is 2.61. The smallest absolute Gasteiger partial charge is 0.352 e. The molecule has 7 amide bonds. The molecule has 7 N–H and O–H groups in total. The summed E-state index contributed by atoms with van der Waals surface area (Å²) in [4.78, 5) is 92.4. The Morgan fingerprint density at radius 1 is 0.424 bits per heavy atom. The van der Waals surface area contributed by atoms with E-state index >= 15 is 26.3 Å². The predicted octanol–water partition coefficient (Wildman–Crippen LogP) is 16.9. The molecule has 125 heavy (non-hydrogen) atoms. The first-order valence-electron chi connectivity index (χ1n) is 39.8. The SMILES string of the molecule is C=C(N1[C@@H]2CC[C@H]1COC2)C(F)(F)c1cc(C(=O)Nc2ccc(F)c(C)c2)ccc1F.Cc1cc(NC(=O)c2ccc(F)c(C(F)(F)C(=O)N3CCC(C)(O)CC3)c2)ccc1F.Cc1cc(NC(=O)c2ccc(F)c(C(F)(F)C(=O)N3[C@@H]4CCC[C@H]3[C@H](O)C4)c2)ccc1F.Cc1cc(NC(=O)c2ccc(F)c(C(F)(F)C(=O)N3[C@H](C)CNC[C@@H]3C)c2)ccc1F. The van der Waals surface area contributed by atoms with Crippen LogP contribution in [0.3, 0.4) is 0 Å². The molecule has 0 aromatic heterocycles. The van der Waals surface area contributed by atoms with Crippen LogP contribution in [-0.2, 0) is 42.8 Å². The Labute approximate surface area is 708 Å². The Hall–Kier alpha value is -11.7. The lowest BCUT2D eigenvalue weighted by Gasteiger charge is -2.41. The number of carbonyl (C=O) groups is 7. The van der Waals surface area contributed by atoms with Crippen molar-refractivity contribution in [1.82, 2.24) is 24.9 Å². The number of piperazine rings is 1. The minimum absolute atomic E-state index is 0.0901. The zero-order valence-corrected chi connectivity index (χ0v) is 68.5. The number of fused-ring (bicyclic) bond motifs is 4. The number of likely N-dealkylation sites (tertiary alicyclic amines) is 1. The number of piperidine rings is 2. The van der Waals surface area contributed by atoms with Crippen LogP contribution < -0.4 is 26.6 Å². The third-order valence-corrected chi connectivity index (χ3v) is 22.8. The van der Waals surface area contributed by atoms with Crippen molar-refractivity contribution in [2.24, 2.45) is 0 Å². The number of allylic oxidation sites excluding steroid dienone is 1. The predicted molar refractivity (Wildman–Crippen MR) is 430 cm³/mol. The van der Waals surface area contributed by atoms with E-state index in [0.29, 0.717) is 100.0 Å². The third-order valence-electron chi connectivity index (χ3n) is 22.8. The Bertz CT molecular complexity index is 5290. The van der Waals surface area contributed by atoms with Gasteiger partial charge in [0.15, 0.2) is 0 Å². The van der Waals surface area contributed by atoms with E-state index in [0.717, 1.165) is 75.4 Å². The van der Waals surface area contributed by atoms with Crippen molar-refractivity contribution in [3.8, 4) is 0 Å². The molecule has 7 atom stereocenters. The maximum absolute atomic E-state index is 15.3. The Morgan fingerprint density at radius 2 is 0.736 bits per heavy atom. The minimum Gasteiger partial charge on any atom is -0.391 e. The highest BCUT2D eigenvalue weighted by molar-refractivity contribution is 6.07. The number of nitrogens with one attached hydrogen (secondary N) is 5. The number of aryl methyl sites for hydroxylation is 4. The van der Waals surface area contributed by atoms with Crippen LogP contribution in [0.25, 0.3) is 0 Å². The first-order chi connectivity index (χ1) is 58.7. The summed E-state index contributed by atoms with van der Waals surface area (Å²) in [6.45, 7) is 15.6. The molecule has 0 unspecified atom stereocenters. The van der Waals surface area contributed by atoms with Crippen molar-refractivity contribution in [1.29, 1.82) is 0 Å². The molecule has 6 heterocycles. The number of anilines is 4. The fourth-order valence-corrected chi connectivity index (χ4v) is 15.8. The average molecular weight is 1760 g/mol. The van der Waals surface area contributed by atoms with E-state index in [4.69, 9.17) is 4.74 Å². The Balaban J connectivity index is 0.000000162. The molecular weight excluding hydrogens is 1670 g/mol. The molecule has 6 saturated heterocycles. The van der Waals surface area contributed by atoms with Crippen LogP contribution in [0.5, 0.6) is 0 Å². The minimum atomic E-state index is -4.22. The first-order valence-corrected chi connectivity index (χ1v) is 39.8. The highest BCUT2D eigenvalue weighted by Crippen LogP contribution is 2.46. The van der Waals surface area contributed by atoms with E-state index < -0.39 is 175 Å². The van der Waals surface area contributed by atoms with E-state index in [2.05, 4.69) is 33.2 Å². The number of hydrogen-bond acceptors (Lipinski definition) is 12. The van der Waals surface area contributed by atoms with Crippen LogP contribution in [0, 0.1) is 74.2 Å². The van der Waals surface area contributed by atoms with Gasteiger partial charge in [-0.05, 0) is 268 Å². The number of alkyl halides is 8. The fourth-order valence-electron chi connectivity index (χ4n) is 15.8. The van der Waals surface area contributed by atoms with Crippen molar-refractivity contribution >= 4 is 64.1 Å². The zero-order valence-electron chi connectivity index (χ0n) is 68.5. The number of nitrogens with zero attached hydrogens (tertiary/aromatic N) is 4. The second kappa shape index (κ2) is 38.0. The molecular formula is C90H89F16N9O10. The summed E-state index contributed by atoms with van der Waals surface area (Å²) in [7, 11) is 0. The van der Waals surface area contributed by atoms with Gasteiger partial charge in [0.25, 0.3) is 41.4 Å². The average Bonchev–Trinajstić information content (AvgIpc) is 1.71. The lowest BCUT2D eigenvalue weighted by molar-refractivity contribution is -0.165. The Morgan fingerprint density at radius 3 is 1.06 bits per heavy atom. The number of morpholine rings is 1. The molecule has 0 aliphatic carbocycles. The number of halogens is 16. The fraction of sp³-hybridized carbons (Fsp3) is 0.367. The van der Waals surface area contributed by atoms with Gasteiger partial charge in [-0.2, -0.15) is 35.1 Å². The summed E-state index contributed by atoms with van der Waals surface area (Å²) in [5, 5.41) is 32.9. The molecule has 8 aromatic rings. The largest absolute Gasteiger partial charge is 0.391 e. The van der Waals surface area contributed by atoms with Crippen LogP contribution in [0.2, 0.25) is 0 Å². The van der Waals surface area contributed by atoms with Crippen LogP contribution in [0.15, 0.2) is 158 Å². The highest BCUT2D eigenvalue weighted by Gasteiger charge is 2.56. The molecule has 6 fully saturated rings. The standard InChI is InChI=1S/C23H22F4N2O3.C23H22F4N2O2.C22H23F4N3O2.C22H22F4N2O3/c1-12-9-14(6-8-17(12)24)28-21(31)13-5-7-18(25)16(10-13)23(26,27)22(32)29-15-3-2-4-19(29)20(30)11-15;1-13-9-16(4-8-20(13)24)28-22(30)15-3-7-21(25)19(10-15)23(26,27)14(2)29-17-5-6-18(29)12-31-11-17;1-12-8-16(5-7-18(12)23)28-20(30)15-4-6-19(24)17(9-15)22(25,26)21(31)29-13(2)10-27-11-14(29)3;1-13-11-15(4-6-17(13)23)27-19(29)14-3-5-18(24)16(12-14)22(25,26)20(30)28-9-7-21(2,31)8-10-28/h5-10,15,19-20,30H,2-4,11H2,1H3,(H,28,31);3-4,7-10,17-18H,2,5-6,11-12H2,1H3,(H,28,30);4-9,13-14,27H,10-11H2,1-3H3,(H,28,30);3-6,11-12,31H,7-10H2,1-2H3,(H,27,29)/t15-,19+,20-;17-,18+;13-,14+;/m1.../s1. The number of benzene rings is 8. The van der Waals surface area contributed by atoms with E-state index in [1.165, 1.54) is 87.2 Å². The van der Waals surface area contributed by atoms with Crippen molar-refractivity contribution in [3.63, 3.8) is 0 Å². The van der Waals surface area contributed by atoms with Crippen molar-refractivity contribution in [2.75, 3.05) is 60.7 Å². The normalized spacial score (nSPS) is 19.7. The lowest BCUT2D eigenvalue weighted by atomic mass is 9.93. The molecule has 19 nitrogen and oxygen atoms in total. The van der Waals surface area contributed by atoms with Gasteiger partial charge in [0.1, 0.15) is 46.5 Å². The molecule has 6 aliphatic heterocycles. The van der Waals surface area contributed by atoms with Gasteiger partial charge in [0.2, 0.25) is 0 Å². The molecule has 8 aromatic carbocycles. The quantitative estimate of drug-likeness (QED) is 0.0421. The van der Waals surface area contributed by atoms with Crippen LogP contribution in [0.1, 0.15) is 158 Å². The molecule has 14 rings (SSSR count). The van der Waals surface area contributed by atoms with Gasteiger partial charge in [-0.25, -0.2) is 35.1 Å². The zero-order chi connectivity index (χ0) is 91.4. The van der Waals surface area contributed by atoms with E-state index in [9.17, 15) is 87.7 Å². The van der Waals surface area contributed by atoms with Gasteiger partial charge in [0, 0.05) is 89.3 Å². The van der Waals surface area contributed by atoms with Crippen molar-refractivity contribution in [2.45, 2.75) is 171 Å². The summed E-state index contributed by atoms with van der Waals surface area (Å²) >= 11 is 0. The summed E-state index contributed by atoms with van der Waals surface area (Å²) in [5.41, 5.74) is -4.82. The second-order valence-corrected chi connectivity index (χ2v) is 32.1. The van der Waals surface area contributed by atoms with Gasteiger partial charge in [-0.15, -0.1) is 0 Å². The number of carbonyl (C=O) groups excluding carboxylic acids is 7. The number of ether oxygens (including phenoxy) is 1. The molecule has 6 aliphatic rings. The van der Waals surface area contributed by atoms with Crippen LogP contribution in [-0.4, -0.2) is 159 Å². The van der Waals surface area contributed by atoms with E-state index in [1.54, 1.807) is 20.8 Å². The topological polar surface area (TPSA) is 242 Å². The highest BCUT2D eigenvalue weighted by atomic mass is 19.3. The monoisotopic (exact) mass is 1760 g/mol. The van der Waals surface area contributed by atoms with Crippen LogP contribution >= 0.6 is 0 Å². The molecule has 35 heteroatoms. The maximum atomic E-state index is 15.3. The van der Waals surface area contributed by atoms with Gasteiger partial charge in [-0.3, -0.25) is 33.6 Å². The molecule has 0 radical (unpaired) electrons. The van der Waals surface area contributed by atoms with E-state index in [1.807, 2.05) is 0 Å². The number of aliphatic hydroxyl groups is 2. The third kappa shape index (κ3) is 21.0. The van der Waals surface area contributed by atoms with Gasteiger partial charge in [-0.1, -0.05) is 6.58 Å². The summed E-state index contributed by atoms with van der Waals surface area (Å²) < 4.78 is 237. The number of rotatable bonds is 17. The Kier molecular flexibility index (Phi) is 28.6. The van der Waals surface area contributed by atoms with Gasteiger partial charge >= 0.3 is 23.7 Å². The number of hydrogen-bond donors (Lipinski definition) is 7. The van der Waals surface area contributed by atoms with Crippen molar-refractivity contribution in [3.05, 3.63) is 271 Å². The molecule has 0 saturated carbocycles. The lowest BCUT2D eigenvalue weighted by Crippen LogP contribution is -2.60. The molecule has 4 bridgehead atoms. The summed E-state index contributed by atoms with van der Waals surface area (Å²) in [5.74, 6) is -31.0. The number of amides is 7. The van der Waals surface area contributed by atoms with Crippen molar-refractivity contribution < 1.29 is 119 Å². The van der Waals surface area contributed by atoms with Gasteiger partial charge < -0.3 is 61.1 Å².